The molecular formula is C28H17N3O2S. The predicted molar refractivity (Wildman–Crippen MR) is 135 cm³/mol. The number of hydrogen-bond acceptors (Lipinski definition) is 5. The van der Waals surface area contributed by atoms with Crippen molar-refractivity contribution in [1.29, 1.82) is 5.26 Å². The number of aromatic nitrogens is 2. The minimum atomic E-state index is -0.0950. The normalized spacial score (nSPS) is 11.9. The van der Waals surface area contributed by atoms with Crippen LogP contribution in [0.25, 0.3) is 32.8 Å². The first-order valence-electron chi connectivity index (χ1n) is 10.8. The van der Waals surface area contributed by atoms with Crippen LogP contribution in [0.3, 0.4) is 0 Å². The minimum absolute atomic E-state index is 0.0950. The molecule has 6 rings (SSSR count). The summed E-state index contributed by atoms with van der Waals surface area (Å²) in [5, 5.41) is 11.5. The zero-order valence-electron chi connectivity index (χ0n) is 17.9. The summed E-state index contributed by atoms with van der Waals surface area (Å²) in [4.78, 5) is 18.6. The van der Waals surface area contributed by atoms with E-state index in [0.717, 1.165) is 32.9 Å². The van der Waals surface area contributed by atoms with E-state index in [4.69, 9.17) is 4.74 Å². The van der Waals surface area contributed by atoms with Crippen molar-refractivity contribution >= 4 is 44.2 Å². The highest BCUT2D eigenvalue weighted by atomic mass is 32.1. The van der Waals surface area contributed by atoms with E-state index in [9.17, 15) is 10.1 Å². The van der Waals surface area contributed by atoms with Gasteiger partial charge in [0.1, 0.15) is 12.4 Å². The van der Waals surface area contributed by atoms with Gasteiger partial charge >= 0.3 is 0 Å². The first-order chi connectivity index (χ1) is 16.7. The van der Waals surface area contributed by atoms with E-state index < -0.39 is 0 Å². The van der Waals surface area contributed by atoms with Gasteiger partial charge in [0.05, 0.1) is 27.2 Å². The lowest BCUT2D eigenvalue weighted by Gasteiger charge is -2.12. The molecule has 2 heterocycles. The van der Waals surface area contributed by atoms with Crippen molar-refractivity contribution < 1.29 is 4.74 Å². The Bertz CT molecular complexity index is 1860. The molecule has 0 spiro atoms. The lowest BCUT2D eigenvalue weighted by molar-refractivity contribution is 0.305. The first kappa shape index (κ1) is 20.2. The predicted octanol–water partition coefficient (Wildman–Crippen LogP) is 5.06. The summed E-state index contributed by atoms with van der Waals surface area (Å²) in [6.45, 7) is 0.256. The molecule has 0 saturated heterocycles. The number of nitriles is 1. The van der Waals surface area contributed by atoms with Gasteiger partial charge in [-0.15, -0.1) is 0 Å². The maximum Gasteiger partial charge on any atom is 0.274 e. The minimum Gasteiger partial charge on any atom is -0.488 e. The summed E-state index contributed by atoms with van der Waals surface area (Å²) in [6, 6.07) is 29.2. The summed E-state index contributed by atoms with van der Waals surface area (Å²) in [5.41, 5.74) is 3.75. The third kappa shape index (κ3) is 3.31. The SMILES string of the molecule is N#Cc1ccccc1COc1ccc2ccccc2c1C=c1sc2nc3ccccc3n2c1=O. The number of hydrogen-bond donors (Lipinski definition) is 0. The fourth-order valence-corrected chi connectivity index (χ4v) is 5.17. The molecule has 0 N–H and O–H groups in total. The van der Waals surface area contributed by atoms with Crippen molar-refractivity contribution in [3.8, 4) is 11.8 Å². The van der Waals surface area contributed by atoms with Crippen LogP contribution in [-0.2, 0) is 6.61 Å². The highest BCUT2D eigenvalue weighted by Gasteiger charge is 2.13. The van der Waals surface area contributed by atoms with Gasteiger partial charge in [-0.3, -0.25) is 4.79 Å². The summed E-state index contributed by atoms with van der Waals surface area (Å²) in [6.07, 6.45) is 1.89. The number of thiazole rings is 1. The van der Waals surface area contributed by atoms with Crippen LogP contribution in [0.15, 0.2) is 89.7 Å². The van der Waals surface area contributed by atoms with Crippen LogP contribution in [-0.4, -0.2) is 9.38 Å². The van der Waals surface area contributed by atoms with Gasteiger partial charge in [0.15, 0.2) is 4.96 Å². The van der Waals surface area contributed by atoms with E-state index in [1.165, 1.54) is 11.3 Å². The largest absolute Gasteiger partial charge is 0.488 e. The van der Waals surface area contributed by atoms with Crippen LogP contribution in [0.1, 0.15) is 16.7 Å². The molecule has 162 valence electrons. The Labute approximate surface area is 198 Å². The first-order valence-corrected chi connectivity index (χ1v) is 11.6. The smallest absolute Gasteiger partial charge is 0.274 e. The summed E-state index contributed by atoms with van der Waals surface area (Å²) in [5.74, 6) is 0.654. The number of fused-ring (bicyclic) bond motifs is 4. The molecule has 6 aromatic rings. The van der Waals surface area contributed by atoms with Crippen molar-refractivity contribution in [1.82, 2.24) is 9.38 Å². The van der Waals surface area contributed by atoms with Gasteiger partial charge in [0, 0.05) is 11.1 Å². The quantitative estimate of drug-likeness (QED) is 0.370. The van der Waals surface area contributed by atoms with Gasteiger partial charge < -0.3 is 4.74 Å². The monoisotopic (exact) mass is 459 g/mol. The third-order valence-electron chi connectivity index (χ3n) is 5.87. The van der Waals surface area contributed by atoms with Crippen LogP contribution in [0.5, 0.6) is 5.75 Å². The van der Waals surface area contributed by atoms with Crippen molar-refractivity contribution in [3.05, 3.63) is 117 Å². The van der Waals surface area contributed by atoms with Crippen LogP contribution in [0, 0.1) is 11.3 Å². The van der Waals surface area contributed by atoms with Gasteiger partial charge in [-0.1, -0.05) is 72.0 Å². The molecule has 0 unspecified atom stereocenters. The zero-order chi connectivity index (χ0) is 23.1. The Morgan fingerprint density at radius 3 is 2.68 bits per heavy atom. The lowest BCUT2D eigenvalue weighted by atomic mass is 10.0. The average Bonchev–Trinajstić information content (AvgIpc) is 3.39. The zero-order valence-corrected chi connectivity index (χ0v) is 18.8. The van der Waals surface area contributed by atoms with Crippen LogP contribution in [0.2, 0.25) is 0 Å². The van der Waals surface area contributed by atoms with E-state index in [-0.39, 0.29) is 12.2 Å². The molecular weight excluding hydrogens is 442 g/mol. The van der Waals surface area contributed by atoms with E-state index in [0.29, 0.717) is 20.8 Å². The highest BCUT2D eigenvalue weighted by Crippen LogP contribution is 2.30. The standard InChI is InChI=1S/C28H17N3O2S/c29-16-19-8-1-2-9-20(19)17-33-25-14-13-18-7-3-4-10-21(18)22(25)15-26-27(32)31-24-12-6-5-11-23(24)30-28(31)34-26/h1-15H,17H2. The summed E-state index contributed by atoms with van der Waals surface area (Å²) < 4.78 is 8.47. The van der Waals surface area contributed by atoms with Crippen LogP contribution < -0.4 is 14.8 Å². The van der Waals surface area contributed by atoms with Crippen molar-refractivity contribution in [2.45, 2.75) is 6.61 Å². The van der Waals surface area contributed by atoms with Gasteiger partial charge in [-0.25, -0.2) is 9.38 Å². The Kier molecular flexibility index (Phi) is 4.83. The lowest BCUT2D eigenvalue weighted by Crippen LogP contribution is -2.22. The van der Waals surface area contributed by atoms with Gasteiger partial charge in [0.2, 0.25) is 0 Å². The Morgan fingerprint density at radius 2 is 1.76 bits per heavy atom. The molecule has 0 saturated carbocycles. The van der Waals surface area contributed by atoms with Crippen molar-refractivity contribution in [3.63, 3.8) is 0 Å². The number of nitrogens with zero attached hydrogens (tertiary/aromatic N) is 3. The molecule has 2 aromatic heterocycles. The fourth-order valence-electron chi connectivity index (χ4n) is 4.20. The molecule has 0 atom stereocenters. The fraction of sp³-hybridized carbons (Fsp3) is 0.0357. The molecule has 0 bridgehead atoms. The van der Waals surface area contributed by atoms with E-state index >= 15 is 0 Å². The summed E-state index contributed by atoms with van der Waals surface area (Å²) in [7, 11) is 0. The topological polar surface area (TPSA) is 67.4 Å². The second kappa shape index (κ2) is 8.14. The van der Waals surface area contributed by atoms with E-state index in [1.54, 1.807) is 10.5 Å². The third-order valence-corrected chi connectivity index (χ3v) is 6.84. The summed E-state index contributed by atoms with van der Waals surface area (Å²) >= 11 is 1.37. The van der Waals surface area contributed by atoms with Crippen molar-refractivity contribution in [2.24, 2.45) is 0 Å². The molecule has 0 fully saturated rings. The number of para-hydroxylation sites is 2. The second-order valence-corrected chi connectivity index (χ2v) is 8.90. The molecule has 6 heteroatoms. The molecule has 4 aromatic carbocycles. The number of benzene rings is 4. The number of rotatable bonds is 4. The van der Waals surface area contributed by atoms with E-state index in [2.05, 4.69) is 11.1 Å². The maximum atomic E-state index is 13.3. The maximum absolute atomic E-state index is 13.3. The van der Waals surface area contributed by atoms with Gasteiger partial charge in [-0.2, -0.15) is 5.26 Å². The molecule has 0 aliphatic carbocycles. The highest BCUT2D eigenvalue weighted by molar-refractivity contribution is 7.15. The van der Waals surface area contributed by atoms with Crippen LogP contribution in [0.4, 0.5) is 0 Å². The molecule has 0 amide bonds. The average molecular weight is 460 g/mol. The second-order valence-electron chi connectivity index (χ2n) is 7.89. The van der Waals surface area contributed by atoms with Crippen LogP contribution >= 0.6 is 11.3 Å². The molecule has 0 radical (unpaired) electrons. The van der Waals surface area contributed by atoms with Crippen molar-refractivity contribution in [2.75, 3.05) is 0 Å². The van der Waals surface area contributed by atoms with Gasteiger partial charge in [-0.05, 0) is 41.1 Å². The van der Waals surface area contributed by atoms with E-state index in [1.807, 2.05) is 84.9 Å². The number of imidazole rings is 1. The molecule has 5 nitrogen and oxygen atoms in total. The Morgan fingerprint density at radius 1 is 0.971 bits per heavy atom. The Balaban J connectivity index is 1.52. The number of ether oxygens (including phenoxy) is 1. The van der Waals surface area contributed by atoms with Gasteiger partial charge in [0.25, 0.3) is 5.56 Å². The Hall–Kier alpha value is -4.47. The molecule has 34 heavy (non-hydrogen) atoms. The molecule has 0 aliphatic rings. The molecule has 0 aliphatic heterocycles.